The van der Waals surface area contributed by atoms with E-state index in [1.165, 1.54) is 12.1 Å². The third kappa shape index (κ3) is 3.29. The highest BCUT2D eigenvalue weighted by Gasteiger charge is 2.26. The summed E-state index contributed by atoms with van der Waals surface area (Å²) in [5, 5.41) is 0.892. The summed E-state index contributed by atoms with van der Waals surface area (Å²) in [5.74, 6) is 8.59. The summed E-state index contributed by atoms with van der Waals surface area (Å²) in [6, 6.07) is 4.31. The first-order chi connectivity index (χ1) is 8.22. The molecular formula is C11H14ClFN2S2. The van der Waals surface area contributed by atoms with Crippen LogP contribution in [-0.2, 0) is 0 Å². The molecule has 1 fully saturated rings. The zero-order valence-corrected chi connectivity index (χ0v) is 11.5. The molecular weight excluding hydrogens is 279 g/mol. The molecule has 0 saturated carbocycles. The first kappa shape index (κ1) is 13.5. The Morgan fingerprint density at radius 2 is 2.29 bits per heavy atom. The second-order valence-corrected chi connectivity index (χ2v) is 6.70. The topological polar surface area (TPSA) is 38.0 Å². The molecule has 2 atom stereocenters. The van der Waals surface area contributed by atoms with E-state index in [-0.39, 0.29) is 11.9 Å². The summed E-state index contributed by atoms with van der Waals surface area (Å²) in [6.45, 7) is 0. The monoisotopic (exact) mass is 292 g/mol. The summed E-state index contributed by atoms with van der Waals surface area (Å²) in [4.78, 5) is 0. The van der Waals surface area contributed by atoms with E-state index >= 15 is 0 Å². The van der Waals surface area contributed by atoms with Gasteiger partial charge in [-0.25, -0.2) is 4.39 Å². The van der Waals surface area contributed by atoms with Crippen LogP contribution in [-0.4, -0.2) is 22.5 Å². The predicted molar refractivity (Wildman–Crippen MR) is 75.0 cm³/mol. The zero-order valence-electron chi connectivity index (χ0n) is 9.16. The van der Waals surface area contributed by atoms with Crippen molar-refractivity contribution in [3.63, 3.8) is 0 Å². The Labute approximate surface area is 114 Å². The highest BCUT2D eigenvalue weighted by molar-refractivity contribution is 8.06. The van der Waals surface area contributed by atoms with Gasteiger partial charge in [-0.1, -0.05) is 11.6 Å². The minimum absolute atomic E-state index is 0.101. The minimum atomic E-state index is -0.280. The molecule has 1 aliphatic rings. The average molecular weight is 293 g/mol. The van der Waals surface area contributed by atoms with Gasteiger partial charge in [-0.3, -0.25) is 11.3 Å². The van der Waals surface area contributed by atoms with Gasteiger partial charge < -0.3 is 0 Å². The molecule has 1 aromatic rings. The van der Waals surface area contributed by atoms with Gasteiger partial charge in [0.1, 0.15) is 5.82 Å². The van der Waals surface area contributed by atoms with Crippen molar-refractivity contribution < 1.29 is 4.39 Å². The summed E-state index contributed by atoms with van der Waals surface area (Å²) in [5.41, 5.74) is 3.52. The number of rotatable bonds is 3. The lowest BCUT2D eigenvalue weighted by atomic mass is 10.0. The lowest BCUT2D eigenvalue weighted by Gasteiger charge is -2.29. The fourth-order valence-electron chi connectivity index (χ4n) is 1.85. The molecule has 1 heterocycles. The fourth-order valence-corrected chi connectivity index (χ4v) is 4.93. The van der Waals surface area contributed by atoms with E-state index in [4.69, 9.17) is 17.4 Å². The third-order valence-corrected chi connectivity index (χ3v) is 5.89. The quantitative estimate of drug-likeness (QED) is 0.664. The van der Waals surface area contributed by atoms with Crippen molar-refractivity contribution in [2.75, 3.05) is 17.3 Å². The van der Waals surface area contributed by atoms with Crippen LogP contribution >= 0.6 is 35.1 Å². The van der Waals surface area contributed by atoms with E-state index in [1.54, 1.807) is 6.07 Å². The number of hydrazine groups is 1. The molecule has 2 nitrogen and oxygen atoms in total. The van der Waals surface area contributed by atoms with Crippen molar-refractivity contribution in [2.24, 2.45) is 5.84 Å². The highest BCUT2D eigenvalue weighted by Crippen LogP contribution is 2.35. The SMILES string of the molecule is NNC(c1cc(F)ccc1Cl)C1CSCCS1. The van der Waals surface area contributed by atoms with Gasteiger partial charge in [0.25, 0.3) is 0 Å². The van der Waals surface area contributed by atoms with Gasteiger partial charge in [-0.15, -0.1) is 0 Å². The van der Waals surface area contributed by atoms with Gasteiger partial charge in [0.15, 0.2) is 0 Å². The van der Waals surface area contributed by atoms with Crippen LogP contribution in [0.1, 0.15) is 11.6 Å². The maximum atomic E-state index is 13.3. The Morgan fingerprint density at radius 3 is 2.94 bits per heavy atom. The second kappa shape index (κ2) is 6.29. The largest absolute Gasteiger partial charge is 0.271 e. The molecule has 2 unspecified atom stereocenters. The standard InChI is InChI=1S/C11H14ClFN2S2/c12-9-2-1-7(13)5-8(9)11(15-14)10-6-16-3-4-17-10/h1-2,5,10-11,15H,3-4,6,14H2. The molecule has 6 heteroatoms. The van der Waals surface area contributed by atoms with Crippen LogP contribution in [0, 0.1) is 5.82 Å². The normalized spacial score (nSPS) is 22.4. The first-order valence-corrected chi connectivity index (χ1v) is 7.91. The summed E-state index contributed by atoms with van der Waals surface area (Å²) >= 11 is 9.87. The molecule has 94 valence electrons. The van der Waals surface area contributed by atoms with Gasteiger partial charge in [-0.2, -0.15) is 23.5 Å². The van der Waals surface area contributed by atoms with Crippen LogP contribution in [0.15, 0.2) is 18.2 Å². The fraction of sp³-hybridized carbons (Fsp3) is 0.455. The molecule has 2 rings (SSSR count). The van der Waals surface area contributed by atoms with Crippen LogP contribution in [0.4, 0.5) is 4.39 Å². The van der Waals surface area contributed by atoms with Gasteiger partial charge in [0, 0.05) is 27.5 Å². The predicted octanol–water partition coefficient (Wildman–Crippen LogP) is 2.83. The molecule has 0 bridgehead atoms. The van der Waals surface area contributed by atoms with Crippen LogP contribution in [0.3, 0.4) is 0 Å². The van der Waals surface area contributed by atoms with E-state index in [0.717, 1.165) is 22.8 Å². The number of thioether (sulfide) groups is 2. The van der Waals surface area contributed by atoms with Crippen LogP contribution in [0.25, 0.3) is 0 Å². The van der Waals surface area contributed by atoms with Crippen molar-refractivity contribution >= 4 is 35.1 Å². The zero-order chi connectivity index (χ0) is 12.3. The Hall–Kier alpha value is 0.0600. The van der Waals surface area contributed by atoms with Crippen LogP contribution < -0.4 is 11.3 Å². The summed E-state index contributed by atoms with van der Waals surface area (Å²) < 4.78 is 13.3. The first-order valence-electron chi connectivity index (χ1n) is 5.33. The van der Waals surface area contributed by atoms with E-state index < -0.39 is 0 Å². The van der Waals surface area contributed by atoms with Crippen LogP contribution in [0.5, 0.6) is 0 Å². The summed E-state index contributed by atoms with van der Waals surface area (Å²) in [6.07, 6.45) is 0. The van der Waals surface area contributed by atoms with Crippen molar-refractivity contribution in [1.29, 1.82) is 0 Å². The van der Waals surface area contributed by atoms with E-state index in [1.807, 2.05) is 23.5 Å². The van der Waals surface area contributed by atoms with Gasteiger partial charge in [0.05, 0.1) is 6.04 Å². The van der Waals surface area contributed by atoms with Crippen molar-refractivity contribution in [2.45, 2.75) is 11.3 Å². The number of nitrogens with one attached hydrogen (secondary N) is 1. The lowest BCUT2D eigenvalue weighted by Crippen LogP contribution is -2.38. The van der Waals surface area contributed by atoms with Crippen molar-refractivity contribution in [1.82, 2.24) is 5.43 Å². The molecule has 0 amide bonds. The van der Waals surface area contributed by atoms with E-state index in [2.05, 4.69) is 5.43 Å². The van der Waals surface area contributed by atoms with Crippen molar-refractivity contribution in [3.8, 4) is 0 Å². The number of halogens is 2. The Balaban J connectivity index is 2.24. The maximum Gasteiger partial charge on any atom is 0.123 e. The molecule has 3 N–H and O–H groups in total. The number of hydrogen-bond acceptors (Lipinski definition) is 4. The minimum Gasteiger partial charge on any atom is -0.271 e. The van der Waals surface area contributed by atoms with E-state index in [9.17, 15) is 4.39 Å². The number of hydrogen-bond donors (Lipinski definition) is 2. The third-order valence-electron chi connectivity index (χ3n) is 2.69. The number of nitrogens with two attached hydrogens (primary N) is 1. The van der Waals surface area contributed by atoms with E-state index in [0.29, 0.717) is 10.3 Å². The van der Waals surface area contributed by atoms with Crippen molar-refractivity contribution in [3.05, 3.63) is 34.6 Å². The molecule has 1 saturated heterocycles. The van der Waals surface area contributed by atoms with Crippen LogP contribution in [0.2, 0.25) is 5.02 Å². The molecule has 0 aliphatic carbocycles. The summed E-state index contributed by atoms with van der Waals surface area (Å²) in [7, 11) is 0. The Bertz CT molecular complexity index is 386. The molecule has 17 heavy (non-hydrogen) atoms. The number of benzene rings is 1. The van der Waals surface area contributed by atoms with Gasteiger partial charge in [0.2, 0.25) is 0 Å². The lowest BCUT2D eigenvalue weighted by molar-refractivity contribution is 0.545. The Morgan fingerprint density at radius 1 is 1.47 bits per heavy atom. The molecule has 0 radical (unpaired) electrons. The molecule has 0 spiro atoms. The maximum absolute atomic E-state index is 13.3. The Kier molecular flexibility index (Phi) is 4.99. The average Bonchev–Trinajstić information content (AvgIpc) is 2.36. The molecule has 1 aliphatic heterocycles. The van der Waals surface area contributed by atoms with Gasteiger partial charge >= 0.3 is 0 Å². The second-order valence-electron chi connectivity index (χ2n) is 3.79. The molecule has 0 aromatic heterocycles. The smallest absolute Gasteiger partial charge is 0.123 e. The highest BCUT2D eigenvalue weighted by atomic mass is 35.5. The molecule has 1 aromatic carbocycles. The van der Waals surface area contributed by atoms with Gasteiger partial charge in [-0.05, 0) is 23.8 Å².